The molecular formula is C19H26ClN3O2S. The molecule has 0 radical (unpaired) electrons. The largest absolute Gasteiger partial charge is 0.353 e. The van der Waals surface area contributed by atoms with Crippen LogP contribution in [-0.2, 0) is 11.3 Å². The molecular weight excluding hydrogens is 370 g/mol. The number of nitrogens with zero attached hydrogens (tertiary/aromatic N) is 2. The molecule has 5 nitrogen and oxygen atoms in total. The van der Waals surface area contributed by atoms with Gasteiger partial charge in [-0.05, 0) is 43.9 Å². The number of benzene rings is 1. The highest BCUT2D eigenvalue weighted by Gasteiger charge is 2.14. The quantitative estimate of drug-likeness (QED) is 0.539. The first-order valence-corrected chi connectivity index (χ1v) is 10.3. The topological polar surface area (TPSA) is 64.0 Å². The van der Waals surface area contributed by atoms with Crippen molar-refractivity contribution in [1.29, 1.82) is 0 Å². The molecule has 0 saturated heterocycles. The normalized spacial score (nSPS) is 12.5. The van der Waals surface area contributed by atoms with Crippen LogP contribution in [0.15, 0.2) is 28.2 Å². The summed E-state index contributed by atoms with van der Waals surface area (Å²) < 4.78 is 1.68. The Morgan fingerprint density at radius 1 is 1.35 bits per heavy atom. The van der Waals surface area contributed by atoms with Crippen molar-refractivity contribution in [2.75, 3.05) is 5.75 Å². The SMILES string of the molecule is CCC(C)NC(=O)CSc1nc2cc(Cl)ccc2c(=O)n1CCC(C)C. The molecule has 1 heterocycles. The van der Waals surface area contributed by atoms with Crippen LogP contribution < -0.4 is 10.9 Å². The lowest BCUT2D eigenvalue weighted by atomic mass is 10.1. The summed E-state index contributed by atoms with van der Waals surface area (Å²) in [7, 11) is 0. The first kappa shape index (κ1) is 20.8. The van der Waals surface area contributed by atoms with Gasteiger partial charge >= 0.3 is 0 Å². The maximum atomic E-state index is 12.9. The predicted molar refractivity (Wildman–Crippen MR) is 109 cm³/mol. The van der Waals surface area contributed by atoms with Gasteiger partial charge in [0.25, 0.3) is 5.56 Å². The Morgan fingerprint density at radius 2 is 2.08 bits per heavy atom. The fraction of sp³-hybridized carbons (Fsp3) is 0.526. The molecule has 0 aliphatic carbocycles. The highest BCUT2D eigenvalue weighted by molar-refractivity contribution is 7.99. The number of rotatable bonds is 8. The smallest absolute Gasteiger partial charge is 0.262 e. The summed E-state index contributed by atoms with van der Waals surface area (Å²) in [6.07, 6.45) is 1.75. The minimum Gasteiger partial charge on any atom is -0.353 e. The third kappa shape index (κ3) is 5.48. The minimum absolute atomic E-state index is 0.0554. The molecule has 1 atom stereocenters. The Balaban J connectivity index is 2.33. The van der Waals surface area contributed by atoms with E-state index in [0.29, 0.717) is 33.5 Å². The van der Waals surface area contributed by atoms with E-state index >= 15 is 0 Å². The lowest BCUT2D eigenvalue weighted by molar-refractivity contribution is -0.119. The monoisotopic (exact) mass is 395 g/mol. The molecule has 1 aromatic heterocycles. The van der Waals surface area contributed by atoms with E-state index in [1.54, 1.807) is 22.8 Å². The van der Waals surface area contributed by atoms with Gasteiger partial charge in [0, 0.05) is 17.6 Å². The van der Waals surface area contributed by atoms with E-state index in [1.165, 1.54) is 11.8 Å². The average molecular weight is 396 g/mol. The minimum atomic E-state index is -0.0860. The standard InChI is InChI=1S/C19H26ClN3O2S/c1-5-13(4)21-17(24)11-26-19-22-16-10-14(20)6-7-15(16)18(25)23(19)9-8-12(2)3/h6-7,10,12-13H,5,8-9,11H2,1-4H3,(H,21,24). The zero-order valence-electron chi connectivity index (χ0n) is 15.7. The Morgan fingerprint density at radius 3 is 2.73 bits per heavy atom. The lowest BCUT2D eigenvalue weighted by Gasteiger charge is -2.15. The molecule has 2 rings (SSSR count). The highest BCUT2D eigenvalue weighted by atomic mass is 35.5. The summed E-state index contributed by atoms with van der Waals surface area (Å²) in [5, 5.41) is 4.58. The van der Waals surface area contributed by atoms with Gasteiger partial charge in [-0.25, -0.2) is 4.98 Å². The Labute approximate surface area is 163 Å². The first-order valence-electron chi connectivity index (χ1n) is 8.94. The number of carbonyl (C=O) groups is 1. The van der Waals surface area contributed by atoms with Gasteiger partial charge in [-0.2, -0.15) is 0 Å². The maximum Gasteiger partial charge on any atom is 0.262 e. The predicted octanol–water partition coefficient (Wildman–Crippen LogP) is 4.10. The van der Waals surface area contributed by atoms with Gasteiger partial charge in [-0.15, -0.1) is 0 Å². The van der Waals surface area contributed by atoms with Gasteiger partial charge in [0.2, 0.25) is 5.91 Å². The molecule has 0 aliphatic rings. The van der Waals surface area contributed by atoms with Gasteiger partial charge in [0.15, 0.2) is 5.16 Å². The molecule has 2 aromatic rings. The molecule has 1 N–H and O–H groups in total. The highest BCUT2D eigenvalue weighted by Crippen LogP contribution is 2.21. The molecule has 0 aliphatic heterocycles. The summed E-state index contributed by atoms with van der Waals surface area (Å²) in [6, 6.07) is 5.23. The number of carbonyl (C=O) groups excluding carboxylic acids is 1. The van der Waals surface area contributed by atoms with Gasteiger partial charge in [-0.1, -0.05) is 44.1 Å². The first-order chi connectivity index (χ1) is 12.3. The number of hydrogen-bond donors (Lipinski definition) is 1. The van der Waals surface area contributed by atoms with Crippen molar-refractivity contribution in [2.45, 2.75) is 58.3 Å². The van der Waals surface area contributed by atoms with Crippen molar-refractivity contribution in [3.05, 3.63) is 33.6 Å². The summed E-state index contributed by atoms with van der Waals surface area (Å²) >= 11 is 7.34. The van der Waals surface area contributed by atoms with Gasteiger partial charge in [-0.3, -0.25) is 14.2 Å². The van der Waals surface area contributed by atoms with Crippen LogP contribution >= 0.6 is 23.4 Å². The van der Waals surface area contributed by atoms with Crippen LogP contribution in [0, 0.1) is 5.92 Å². The van der Waals surface area contributed by atoms with Crippen molar-refractivity contribution in [2.24, 2.45) is 5.92 Å². The number of halogens is 1. The van der Waals surface area contributed by atoms with Crippen molar-refractivity contribution in [1.82, 2.24) is 14.9 Å². The molecule has 0 bridgehead atoms. The molecule has 1 aromatic carbocycles. The number of thioether (sulfide) groups is 1. The van der Waals surface area contributed by atoms with E-state index in [-0.39, 0.29) is 23.3 Å². The molecule has 0 saturated carbocycles. The fourth-order valence-corrected chi connectivity index (χ4v) is 3.42. The van der Waals surface area contributed by atoms with E-state index in [1.807, 2.05) is 13.8 Å². The van der Waals surface area contributed by atoms with E-state index in [4.69, 9.17) is 11.6 Å². The summed E-state index contributed by atoms with van der Waals surface area (Å²) in [4.78, 5) is 29.6. The number of hydrogen-bond acceptors (Lipinski definition) is 4. The second kappa shape index (κ2) is 9.42. The van der Waals surface area contributed by atoms with Gasteiger partial charge < -0.3 is 5.32 Å². The number of nitrogens with one attached hydrogen (secondary N) is 1. The molecule has 26 heavy (non-hydrogen) atoms. The Kier molecular flexibility index (Phi) is 7.53. The van der Waals surface area contributed by atoms with Crippen LogP contribution in [0.5, 0.6) is 0 Å². The number of amides is 1. The third-order valence-electron chi connectivity index (χ3n) is 4.16. The van der Waals surface area contributed by atoms with Crippen molar-refractivity contribution >= 4 is 40.2 Å². The molecule has 0 spiro atoms. The maximum absolute atomic E-state index is 12.9. The average Bonchev–Trinajstić information content (AvgIpc) is 2.58. The number of aromatic nitrogens is 2. The van der Waals surface area contributed by atoms with Crippen LogP contribution in [0.1, 0.15) is 40.5 Å². The fourth-order valence-electron chi connectivity index (χ4n) is 2.42. The molecule has 1 unspecified atom stereocenters. The summed E-state index contributed by atoms with van der Waals surface area (Å²) in [5.41, 5.74) is 0.477. The number of fused-ring (bicyclic) bond motifs is 1. The van der Waals surface area contributed by atoms with Gasteiger partial charge in [0.05, 0.1) is 16.7 Å². The summed E-state index contributed by atoms with van der Waals surface area (Å²) in [6.45, 7) is 8.81. The zero-order valence-corrected chi connectivity index (χ0v) is 17.3. The van der Waals surface area contributed by atoms with Crippen LogP contribution in [0.4, 0.5) is 0 Å². The third-order valence-corrected chi connectivity index (χ3v) is 5.38. The van der Waals surface area contributed by atoms with E-state index < -0.39 is 0 Å². The van der Waals surface area contributed by atoms with Crippen molar-refractivity contribution in [3.63, 3.8) is 0 Å². The Bertz CT molecular complexity index is 835. The van der Waals surface area contributed by atoms with Crippen LogP contribution in [0.25, 0.3) is 10.9 Å². The van der Waals surface area contributed by atoms with Crippen LogP contribution in [-0.4, -0.2) is 27.3 Å². The zero-order chi connectivity index (χ0) is 19.3. The Hall–Kier alpha value is -1.53. The summed E-state index contributed by atoms with van der Waals surface area (Å²) in [5.74, 6) is 0.638. The van der Waals surface area contributed by atoms with Crippen LogP contribution in [0.2, 0.25) is 5.02 Å². The van der Waals surface area contributed by atoms with Crippen LogP contribution in [0.3, 0.4) is 0 Å². The van der Waals surface area contributed by atoms with E-state index in [9.17, 15) is 9.59 Å². The lowest BCUT2D eigenvalue weighted by Crippen LogP contribution is -2.33. The van der Waals surface area contributed by atoms with E-state index in [2.05, 4.69) is 24.1 Å². The molecule has 0 fully saturated rings. The molecule has 1 amide bonds. The van der Waals surface area contributed by atoms with Crippen molar-refractivity contribution in [3.8, 4) is 0 Å². The van der Waals surface area contributed by atoms with Crippen molar-refractivity contribution < 1.29 is 4.79 Å². The van der Waals surface area contributed by atoms with Gasteiger partial charge in [0.1, 0.15) is 0 Å². The second-order valence-electron chi connectivity index (χ2n) is 6.86. The second-order valence-corrected chi connectivity index (χ2v) is 8.24. The molecule has 142 valence electrons. The molecule has 7 heteroatoms. The van der Waals surface area contributed by atoms with E-state index in [0.717, 1.165) is 12.8 Å².